The standard InChI is InChI=1S/C9H10N2O2S3/c10-16(12,13)6-5-14-9-11-7-3-1-2-4-8(7)15-9/h1-4H,5-6H2,(H2,10,12,13). The van der Waals surface area contributed by atoms with Gasteiger partial charge in [-0.05, 0) is 12.1 Å². The number of rotatable bonds is 4. The summed E-state index contributed by atoms with van der Waals surface area (Å²) in [7, 11) is -3.37. The molecule has 2 aromatic rings. The van der Waals surface area contributed by atoms with Gasteiger partial charge in [-0.25, -0.2) is 18.5 Å². The molecule has 7 heteroatoms. The van der Waals surface area contributed by atoms with Crippen LogP contribution in [-0.4, -0.2) is 24.9 Å². The van der Waals surface area contributed by atoms with Gasteiger partial charge in [-0.1, -0.05) is 23.9 Å². The third-order valence-corrected chi connectivity index (χ3v) is 5.08. The molecule has 0 aliphatic heterocycles. The molecule has 0 fully saturated rings. The predicted octanol–water partition coefficient (Wildman–Crippen LogP) is 1.68. The van der Waals surface area contributed by atoms with Crippen molar-refractivity contribution >= 4 is 43.3 Å². The Morgan fingerprint density at radius 2 is 2.12 bits per heavy atom. The molecule has 0 radical (unpaired) electrons. The highest BCUT2D eigenvalue weighted by atomic mass is 32.2. The van der Waals surface area contributed by atoms with Gasteiger partial charge in [-0.2, -0.15) is 0 Å². The molecular formula is C9H10N2O2S3. The van der Waals surface area contributed by atoms with Gasteiger partial charge in [0, 0.05) is 5.75 Å². The maximum Gasteiger partial charge on any atom is 0.209 e. The molecule has 0 aliphatic carbocycles. The number of primary sulfonamides is 1. The van der Waals surface area contributed by atoms with Gasteiger partial charge in [0.1, 0.15) is 0 Å². The van der Waals surface area contributed by atoms with E-state index < -0.39 is 10.0 Å². The summed E-state index contributed by atoms with van der Waals surface area (Å²) < 4.78 is 23.5. The first-order valence-electron chi connectivity index (χ1n) is 4.53. The quantitative estimate of drug-likeness (QED) is 0.861. The van der Waals surface area contributed by atoms with E-state index in [1.807, 2.05) is 24.3 Å². The normalized spacial score (nSPS) is 12.1. The van der Waals surface area contributed by atoms with Gasteiger partial charge in [0.15, 0.2) is 4.34 Å². The van der Waals surface area contributed by atoms with Crippen LogP contribution >= 0.6 is 23.1 Å². The van der Waals surface area contributed by atoms with Crippen molar-refractivity contribution in [2.45, 2.75) is 4.34 Å². The fraction of sp³-hybridized carbons (Fsp3) is 0.222. The van der Waals surface area contributed by atoms with Crippen LogP contribution in [0, 0.1) is 0 Å². The van der Waals surface area contributed by atoms with Crippen LogP contribution in [0.4, 0.5) is 0 Å². The number of fused-ring (bicyclic) bond motifs is 1. The van der Waals surface area contributed by atoms with E-state index in [-0.39, 0.29) is 5.75 Å². The molecule has 0 saturated heterocycles. The van der Waals surface area contributed by atoms with Crippen molar-refractivity contribution in [2.24, 2.45) is 5.14 Å². The molecule has 0 amide bonds. The van der Waals surface area contributed by atoms with Crippen LogP contribution in [0.3, 0.4) is 0 Å². The molecule has 2 N–H and O–H groups in total. The van der Waals surface area contributed by atoms with Crippen molar-refractivity contribution in [1.82, 2.24) is 4.98 Å². The predicted molar refractivity (Wildman–Crippen MR) is 68.3 cm³/mol. The Morgan fingerprint density at radius 1 is 1.38 bits per heavy atom. The Hall–Kier alpha value is -0.630. The van der Waals surface area contributed by atoms with Gasteiger partial charge in [0.25, 0.3) is 0 Å². The lowest BCUT2D eigenvalue weighted by atomic mass is 10.3. The average molecular weight is 274 g/mol. The fourth-order valence-corrected chi connectivity index (χ4v) is 4.21. The van der Waals surface area contributed by atoms with Gasteiger partial charge < -0.3 is 0 Å². The lowest BCUT2D eigenvalue weighted by Gasteiger charge is -1.94. The third kappa shape index (κ3) is 3.18. The van der Waals surface area contributed by atoms with Gasteiger partial charge in [-0.15, -0.1) is 11.3 Å². The average Bonchev–Trinajstić information content (AvgIpc) is 2.57. The maximum atomic E-state index is 10.7. The highest BCUT2D eigenvalue weighted by molar-refractivity contribution is 8.02. The molecule has 0 bridgehead atoms. The zero-order valence-electron chi connectivity index (χ0n) is 8.29. The summed E-state index contributed by atoms with van der Waals surface area (Å²) in [6, 6.07) is 7.83. The fourth-order valence-electron chi connectivity index (χ4n) is 1.16. The molecule has 1 heterocycles. The third-order valence-electron chi connectivity index (χ3n) is 1.87. The summed E-state index contributed by atoms with van der Waals surface area (Å²) in [4.78, 5) is 4.38. The van der Waals surface area contributed by atoms with Gasteiger partial charge in [-0.3, -0.25) is 0 Å². The van der Waals surface area contributed by atoms with E-state index in [9.17, 15) is 8.42 Å². The number of nitrogens with zero attached hydrogens (tertiary/aromatic N) is 1. The Labute approximate surface area is 102 Å². The van der Waals surface area contributed by atoms with Crippen LogP contribution in [-0.2, 0) is 10.0 Å². The lowest BCUT2D eigenvalue weighted by molar-refractivity contribution is 0.599. The molecular weight excluding hydrogens is 264 g/mol. The summed E-state index contributed by atoms with van der Waals surface area (Å²) in [5.41, 5.74) is 0.950. The molecule has 16 heavy (non-hydrogen) atoms. The van der Waals surface area contributed by atoms with Crippen molar-refractivity contribution in [3.63, 3.8) is 0 Å². The molecule has 0 unspecified atom stereocenters. The number of hydrogen-bond donors (Lipinski definition) is 1. The summed E-state index contributed by atoms with van der Waals surface area (Å²) in [6.07, 6.45) is 0. The number of aromatic nitrogens is 1. The van der Waals surface area contributed by atoms with Crippen molar-refractivity contribution in [3.8, 4) is 0 Å². The Bertz CT molecular complexity index is 559. The van der Waals surface area contributed by atoms with Crippen molar-refractivity contribution in [1.29, 1.82) is 0 Å². The first-order chi connectivity index (χ1) is 7.54. The lowest BCUT2D eigenvalue weighted by Crippen LogP contribution is -2.17. The summed E-state index contributed by atoms with van der Waals surface area (Å²) in [6.45, 7) is 0. The molecule has 2 rings (SSSR count). The monoisotopic (exact) mass is 274 g/mol. The minimum absolute atomic E-state index is 0.0202. The SMILES string of the molecule is NS(=O)(=O)CCSc1nc2ccccc2s1. The number of thioether (sulfide) groups is 1. The number of sulfonamides is 1. The van der Waals surface area contributed by atoms with Crippen molar-refractivity contribution in [2.75, 3.05) is 11.5 Å². The van der Waals surface area contributed by atoms with Gasteiger partial charge in [0.2, 0.25) is 10.0 Å². The van der Waals surface area contributed by atoms with Crippen molar-refractivity contribution in [3.05, 3.63) is 24.3 Å². The van der Waals surface area contributed by atoms with E-state index >= 15 is 0 Å². The topological polar surface area (TPSA) is 73.1 Å². The van der Waals surface area contributed by atoms with Gasteiger partial charge in [0.05, 0.1) is 16.0 Å². The molecule has 0 atom stereocenters. The number of nitrogens with two attached hydrogens (primary N) is 1. The second-order valence-corrected chi connectivity index (χ2v) is 7.27. The van der Waals surface area contributed by atoms with Crippen LogP contribution in [0.2, 0.25) is 0 Å². The molecule has 0 aliphatic rings. The van der Waals surface area contributed by atoms with Crippen LogP contribution < -0.4 is 5.14 Å². The second-order valence-electron chi connectivity index (χ2n) is 3.16. The Kier molecular flexibility index (Phi) is 3.48. The summed E-state index contributed by atoms with van der Waals surface area (Å²) in [5.74, 6) is 0.423. The largest absolute Gasteiger partial charge is 0.230 e. The number of para-hydroxylation sites is 1. The Morgan fingerprint density at radius 3 is 2.81 bits per heavy atom. The van der Waals surface area contributed by atoms with Crippen LogP contribution in [0.15, 0.2) is 28.6 Å². The number of hydrogen-bond acceptors (Lipinski definition) is 5. The van der Waals surface area contributed by atoms with Crippen LogP contribution in [0.1, 0.15) is 0 Å². The summed E-state index contributed by atoms with van der Waals surface area (Å²) >= 11 is 2.99. The molecule has 86 valence electrons. The zero-order chi connectivity index (χ0) is 11.6. The summed E-state index contributed by atoms with van der Waals surface area (Å²) in [5, 5.41) is 4.92. The van der Waals surface area contributed by atoms with Gasteiger partial charge >= 0.3 is 0 Å². The number of thiazole rings is 1. The molecule has 0 spiro atoms. The molecule has 1 aromatic heterocycles. The Balaban J connectivity index is 2.05. The minimum Gasteiger partial charge on any atom is -0.230 e. The van der Waals surface area contributed by atoms with E-state index in [4.69, 9.17) is 5.14 Å². The smallest absolute Gasteiger partial charge is 0.209 e. The van der Waals surface area contributed by atoms with E-state index in [1.54, 1.807) is 11.3 Å². The molecule has 4 nitrogen and oxygen atoms in total. The van der Waals surface area contributed by atoms with Crippen LogP contribution in [0.25, 0.3) is 10.2 Å². The molecule has 0 saturated carbocycles. The maximum absolute atomic E-state index is 10.7. The van der Waals surface area contributed by atoms with Crippen molar-refractivity contribution < 1.29 is 8.42 Å². The number of benzene rings is 1. The highest BCUT2D eigenvalue weighted by Crippen LogP contribution is 2.29. The zero-order valence-corrected chi connectivity index (χ0v) is 10.7. The van der Waals surface area contributed by atoms with E-state index in [0.717, 1.165) is 14.6 Å². The highest BCUT2D eigenvalue weighted by Gasteiger charge is 2.06. The molecule has 1 aromatic carbocycles. The van der Waals surface area contributed by atoms with Crippen LogP contribution in [0.5, 0.6) is 0 Å². The van der Waals surface area contributed by atoms with E-state index in [2.05, 4.69) is 4.98 Å². The van der Waals surface area contributed by atoms with E-state index in [0.29, 0.717) is 5.75 Å². The minimum atomic E-state index is -3.37. The second kappa shape index (κ2) is 4.70. The van der Waals surface area contributed by atoms with E-state index in [1.165, 1.54) is 11.8 Å². The first-order valence-corrected chi connectivity index (χ1v) is 8.05. The first kappa shape index (κ1) is 11.8.